The zero-order chi connectivity index (χ0) is 23.8. The Hall–Kier alpha value is -4.13. The van der Waals surface area contributed by atoms with Gasteiger partial charge in [-0.3, -0.25) is 9.59 Å². The molecule has 0 fully saturated rings. The number of hydrogen-bond acceptors (Lipinski definition) is 5. The Labute approximate surface area is 196 Å². The van der Waals surface area contributed by atoms with Crippen molar-refractivity contribution >= 4 is 23.1 Å². The van der Waals surface area contributed by atoms with E-state index in [9.17, 15) is 14.0 Å². The van der Waals surface area contributed by atoms with Crippen LogP contribution in [0.3, 0.4) is 0 Å². The van der Waals surface area contributed by atoms with Crippen molar-refractivity contribution in [1.82, 2.24) is 4.90 Å². The minimum atomic E-state index is -0.638. The highest BCUT2D eigenvalue weighted by Crippen LogP contribution is 2.39. The van der Waals surface area contributed by atoms with Gasteiger partial charge in [0.25, 0.3) is 11.8 Å². The normalized spacial score (nSPS) is 15.6. The van der Waals surface area contributed by atoms with Crippen LogP contribution in [0.5, 0.6) is 11.5 Å². The monoisotopic (exact) mass is 458 g/mol. The molecule has 6 nitrogen and oxygen atoms in total. The Morgan fingerprint density at radius 3 is 2.26 bits per heavy atom. The van der Waals surface area contributed by atoms with Crippen molar-refractivity contribution in [3.8, 4) is 11.5 Å². The molecule has 0 radical (unpaired) electrons. The molecule has 0 unspecified atom stereocenters. The molecule has 0 atom stereocenters. The lowest BCUT2D eigenvalue weighted by molar-refractivity contribution is -0.120. The summed E-state index contributed by atoms with van der Waals surface area (Å²) in [7, 11) is 3.03. The lowest BCUT2D eigenvalue weighted by atomic mass is 9.97. The maximum Gasteiger partial charge on any atom is 0.282 e. The van der Waals surface area contributed by atoms with Gasteiger partial charge < -0.3 is 14.4 Å². The summed E-state index contributed by atoms with van der Waals surface area (Å²) in [5.41, 5.74) is 3.22. The first-order chi connectivity index (χ1) is 16.5. The number of rotatable bonds is 5. The molecule has 0 aromatic heterocycles. The van der Waals surface area contributed by atoms with E-state index in [4.69, 9.17) is 9.47 Å². The first-order valence-corrected chi connectivity index (χ1v) is 10.9. The van der Waals surface area contributed by atoms with Gasteiger partial charge in [0.2, 0.25) is 0 Å². The molecular formula is C27H23FN2O4. The quantitative estimate of drug-likeness (QED) is 0.537. The molecule has 3 aromatic rings. The second-order valence-corrected chi connectivity index (χ2v) is 8.13. The van der Waals surface area contributed by atoms with Gasteiger partial charge in [0, 0.05) is 13.1 Å². The number of anilines is 1. The van der Waals surface area contributed by atoms with Crippen molar-refractivity contribution in [2.24, 2.45) is 0 Å². The van der Waals surface area contributed by atoms with Gasteiger partial charge >= 0.3 is 0 Å². The Morgan fingerprint density at radius 2 is 1.53 bits per heavy atom. The van der Waals surface area contributed by atoms with E-state index in [2.05, 4.69) is 6.07 Å². The highest BCUT2D eigenvalue weighted by molar-refractivity contribution is 6.45. The van der Waals surface area contributed by atoms with Crippen LogP contribution in [0.25, 0.3) is 5.57 Å². The SMILES string of the molecule is COc1ccc(C2=C(N3CCc4ccccc4C3)C(=O)N(c3ccccc3F)C2=O)cc1OC. The molecule has 5 rings (SSSR count). The largest absolute Gasteiger partial charge is 0.493 e. The van der Waals surface area contributed by atoms with Crippen LogP contribution in [0.15, 0.2) is 72.4 Å². The number of nitrogens with zero attached hydrogens (tertiary/aromatic N) is 2. The van der Waals surface area contributed by atoms with E-state index in [1.807, 2.05) is 23.1 Å². The van der Waals surface area contributed by atoms with Gasteiger partial charge in [0.1, 0.15) is 11.5 Å². The molecule has 2 heterocycles. The Kier molecular flexibility index (Phi) is 5.53. The second-order valence-electron chi connectivity index (χ2n) is 8.13. The van der Waals surface area contributed by atoms with Gasteiger partial charge in [-0.2, -0.15) is 0 Å². The highest BCUT2D eigenvalue weighted by Gasteiger charge is 2.44. The number of ether oxygens (including phenoxy) is 2. The van der Waals surface area contributed by atoms with E-state index in [1.165, 1.54) is 38.0 Å². The molecule has 0 N–H and O–H groups in total. The maximum atomic E-state index is 14.7. The minimum Gasteiger partial charge on any atom is -0.493 e. The summed E-state index contributed by atoms with van der Waals surface area (Å²) in [6.45, 7) is 1.04. The molecule has 0 saturated carbocycles. The first-order valence-electron chi connectivity index (χ1n) is 10.9. The zero-order valence-corrected chi connectivity index (χ0v) is 18.9. The van der Waals surface area contributed by atoms with E-state index in [-0.39, 0.29) is 17.0 Å². The molecule has 2 aliphatic rings. The standard InChI is InChI=1S/C27H23FN2O4/c1-33-22-12-11-18(15-23(22)34-2)24-25(29-14-13-17-7-3-4-8-19(17)16-29)27(32)30(26(24)31)21-10-6-5-9-20(21)28/h3-12,15H,13-14,16H2,1-2H3. The summed E-state index contributed by atoms with van der Waals surface area (Å²) in [4.78, 5) is 30.3. The molecular weight excluding hydrogens is 435 g/mol. The maximum absolute atomic E-state index is 14.7. The number of para-hydroxylation sites is 1. The minimum absolute atomic E-state index is 0.0668. The second kappa shape index (κ2) is 8.67. The molecule has 3 aromatic carbocycles. The van der Waals surface area contributed by atoms with Crippen molar-refractivity contribution in [3.05, 3.63) is 94.9 Å². The fraction of sp³-hybridized carbons (Fsp3) is 0.185. The highest BCUT2D eigenvalue weighted by atomic mass is 19.1. The number of methoxy groups -OCH3 is 2. The van der Waals surface area contributed by atoms with Crippen LogP contribution in [0.2, 0.25) is 0 Å². The number of imide groups is 1. The van der Waals surface area contributed by atoms with Gasteiger partial charge in [0.15, 0.2) is 11.5 Å². The Balaban J connectivity index is 1.66. The summed E-state index contributed by atoms with van der Waals surface area (Å²) in [5, 5.41) is 0. The van der Waals surface area contributed by atoms with Gasteiger partial charge in [-0.05, 0) is 47.4 Å². The zero-order valence-electron chi connectivity index (χ0n) is 18.9. The van der Waals surface area contributed by atoms with Crippen LogP contribution in [0.1, 0.15) is 16.7 Å². The third kappa shape index (κ3) is 3.50. The number of carbonyl (C=O) groups excluding carboxylic acids is 2. The van der Waals surface area contributed by atoms with E-state index < -0.39 is 17.6 Å². The average Bonchev–Trinajstić information content (AvgIpc) is 3.13. The number of benzene rings is 3. The molecule has 0 spiro atoms. The topological polar surface area (TPSA) is 59.1 Å². The molecule has 7 heteroatoms. The van der Waals surface area contributed by atoms with Gasteiger partial charge in [-0.25, -0.2) is 9.29 Å². The lowest BCUT2D eigenvalue weighted by Crippen LogP contribution is -2.37. The Bertz CT molecular complexity index is 1330. The van der Waals surface area contributed by atoms with Gasteiger partial charge in [-0.1, -0.05) is 42.5 Å². The summed E-state index contributed by atoms with van der Waals surface area (Å²) >= 11 is 0. The molecule has 172 valence electrons. The number of hydrogen-bond donors (Lipinski definition) is 0. The molecule has 2 aliphatic heterocycles. The fourth-order valence-corrected chi connectivity index (χ4v) is 4.60. The third-order valence-electron chi connectivity index (χ3n) is 6.27. The lowest BCUT2D eigenvalue weighted by Gasteiger charge is -2.31. The summed E-state index contributed by atoms with van der Waals surface area (Å²) < 4.78 is 25.4. The molecule has 0 aliphatic carbocycles. The summed E-state index contributed by atoms with van der Waals surface area (Å²) in [6.07, 6.45) is 0.736. The predicted molar refractivity (Wildman–Crippen MR) is 126 cm³/mol. The summed E-state index contributed by atoms with van der Waals surface area (Å²) in [5.74, 6) is -0.819. The van der Waals surface area contributed by atoms with Crippen molar-refractivity contribution in [3.63, 3.8) is 0 Å². The fourth-order valence-electron chi connectivity index (χ4n) is 4.60. The smallest absolute Gasteiger partial charge is 0.282 e. The average molecular weight is 458 g/mol. The first kappa shape index (κ1) is 21.7. The van der Waals surface area contributed by atoms with Crippen molar-refractivity contribution < 1.29 is 23.5 Å². The van der Waals surface area contributed by atoms with Crippen molar-refractivity contribution in [2.75, 3.05) is 25.7 Å². The van der Waals surface area contributed by atoms with Crippen LogP contribution in [0.4, 0.5) is 10.1 Å². The molecule has 34 heavy (non-hydrogen) atoms. The van der Waals surface area contributed by atoms with E-state index >= 15 is 0 Å². The molecule has 2 amide bonds. The number of amides is 2. The van der Waals surface area contributed by atoms with Crippen molar-refractivity contribution in [1.29, 1.82) is 0 Å². The van der Waals surface area contributed by atoms with E-state index in [0.717, 1.165) is 16.9 Å². The van der Waals surface area contributed by atoms with Gasteiger partial charge in [0.05, 0.1) is 25.5 Å². The van der Waals surface area contributed by atoms with Gasteiger partial charge in [-0.15, -0.1) is 0 Å². The summed E-state index contributed by atoms with van der Waals surface area (Å²) in [6, 6.07) is 18.9. The third-order valence-corrected chi connectivity index (χ3v) is 6.27. The predicted octanol–water partition coefficient (Wildman–Crippen LogP) is 4.19. The van der Waals surface area contributed by atoms with Crippen LogP contribution in [-0.2, 0) is 22.6 Å². The van der Waals surface area contributed by atoms with Crippen LogP contribution < -0.4 is 14.4 Å². The van der Waals surface area contributed by atoms with E-state index in [0.29, 0.717) is 30.2 Å². The molecule has 0 saturated heterocycles. The number of carbonyl (C=O) groups is 2. The van der Waals surface area contributed by atoms with Crippen LogP contribution in [0, 0.1) is 5.82 Å². The number of fused-ring (bicyclic) bond motifs is 1. The number of halogens is 1. The van der Waals surface area contributed by atoms with Crippen LogP contribution in [-0.4, -0.2) is 37.5 Å². The van der Waals surface area contributed by atoms with E-state index in [1.54, 1.807) is 24.3 Å². The van der Waals surface area contributed by atoms with Crippen LogP contribution >= 0.6 is 0 Å². The van der Waals surface area contributed by atoms with Crippen molar-refractivity contribution in [2.45, 2.75) is 13.0 Å². The molecule has 0 bridgehead atoms. The Morgan fingerprint density at radius 1 is 0.824 bits per heavy atom.